The van der Waals surface area contributed by atoms with Gasteiger partial charge in [-0.25, -0.2) is 0 Å². The molecule has 0 saturated heterocycles. The van der Waals surface area contributed by atoms with E-state index < -0.39 is 22.3 Å². The number of hydrogen-bond acceptors (Lipinski definition) is 4. The van der Waals surface area contributed by atoms with Crippen molar-refractivity contribution in [2.75, 3.05) is 11.9 Å². The van der Waals surface area contributed by atoms with Crippen molar-refractivity contribution in [1.82, 2.24) is 4.90 Å². The van der Waals surface area contributed by atoms with Gasteiger partial charge in [0.1, 0.15) is 0 Å². The zero-order valence-corrected chi connectivity index (χ0v) is 15.4. The van der Waals surface area contributed by atoms with Crippen LogP contribution in [0.4, 0.5) is 15.8 Å². The summed E-state index contributed by atoms with van der Waals surface area (Å²) in [6, 6.07) is 9.55. The predicted octanol–water partition coefficient (Wildman–Crippen LogP) is 3.89. The van der Waals surface area contributed by atoms with Crippen LogP contribution < -0.4 is 5.32 Å². The summed E-state index contributed by atoms with van der Waals surface area (Å²) in [5.41, 5.74) is 2.37. The molecule has 0 bridgehead atoms. The Bertz CT molecular complexity index is 883. The first-order valence-electron chi connectivity index (χ1n) is 8.90. The molecule has 0 unspecified atom stereocenters. The molecule has 0 spiro atoms. The lowest BCUT2D eigenvalue weighted by atomic mass is 10.1. The van der Waals surface area contributed by atoms with E-state index >= 15 is 0 Å². The van der Waals surface area contributed by atoms with E-state index in [0.717, 1.165) is 31.3 Å². The second-order valence-corrected chi connectivity index (χ2v) is 7.24. The van der Waals surface area contributed by atoms with Gasteiger partial charge in [-0.05, 0) is 29.2 Å². The van der Waals surface area contributed by atoms with E-state index in [0.29, 0.717) is 11.6 Å². The zero-order valence-electron chi connectivity index (χ0n) is 15.4. The van der Waals surface area contributed by atoms with Gasteiger partial charge in [0.25, 0.3) is 0 Å². The summed E-state index contributed by atoms with van der Waals surface area (Å²) in [5, 5.41) is 13.9. The van der Waals surface area contributed by atoms with Gasteiger partial charge in [0.05, 0.1) is 11.3 Å². The van der Waals surface area contributed by atoms with Crippen LogP contribution in [0, 0.1) is 21.8 Å². The molecule has 0 aromatic heterocycles. The normalized spacial score (nSPS) is 13.6. The van der Waals surface area contributed by atoms with Gasteiger partial charge in [-0.15, -0.1) is 0 Å². The predicted molar refractivity (Wildman–Crippen MR) is 101 cm³/mol. The second-order valence-electron chi connectivity index (χ2n) is 7.24. The van der Waals surface area contributed by atoms with Crippen LogP contribution in [0.1, 0.15) is 30.5 Å². The van der Waals surface area contributed by atoms with Crippen LogP contribution in [0.3, 0.4) is 0 Å². The molecule has 142 valence electrons. The molecular weight excluding hydrogens is 349 g/mol. The molecule has 3 rings (SSSR count). The number of nitro groups is 1. The van der Waals surface area contributed by atoms with E-state index in [-0.39, 0.29) is 12.0 Å². The number of hydrogen-bond donors (Lipinski definition) is 1. The summed E-state index contributed by atoms with van der Waals surface area (Å²) in [5.74, 6) is -0.791. The molecule has 1 N–H and O–H groups in total. The van der Waals surface area contributed by atoms with Gasteiger partial charge < -0.3 is 5.32 Å². The Balaban J connectivity index is 1.75. The quantitative estimate of drug-likeness (QED) is 0.617. The molecule has 2 aromatic rings. The molecule has 0 fully saturated rings. The van der Waals surface area contributed by atoms with E-state index in [1.165, 1.54) is 17.7 Å². The Labute approximate surface area is 157 Å². The lowest BCUT2D eigenvalue weighted by Crippen LogP contribution is -2.22. The van der Waals surface area contributed by atoms with Gasteiger partial charge >= 0.3 is 5.69 Å². The third-order valence-electron chi connectivity index (χ3n) is 4.55. The second kappa shape index (κ2) is 7.84. The van der Waals surface area contributed by atoms with Crippen molar-refractivity contribution in [1.29, 1.82) is 0 Å². The molecule has 2 aromatic carbocycles. The maximum atomic E-state index is 13.7. The van der Waals surface area contributed by atoms with E-state index in [2.05, 4.69) is 24.1 Å². The van der Waals surface area contributed by atoms with Gasteiger partial charge in [0, 0.05) is 30.9 Å². The maximum Gasteiger partial charge on any atom is 0.308 e. The van der Waals surface area contributed by atoms with Crippen molar-refractivity contribution in [2.24, 2.45) is 5.92 Å². The molecule has 0 aliphatic carbocycles. The van der Waals surface area contributed by atoms with Crippen molar-refractivity contribution in [2.45, 2.75) is 33.4 Å². The Hall–Kier alpha value is -2.80. The van der Waals surface area contributed by atoms with Crippen molar-refractivity contribution in [3.05, 3.63) is 69.0 Å². The number of benzene rings is 2. The molecule has 0 saturated carbocycles. The van der Waals surface area contributed by atoms with Crippen LogP contribution in [0.5, 0.6) is 0 Å². The number of anilines is 1. The zero-order chi connectivity index (χ0) is 19.6. The lowest BCUT2D eigenvalue weighted by Gasteiger charge is -2.17. The highest BCUT2D eigenvalue weighted by Crippen LogP contribution is 2.30. The number of carbonyl (C=O) groups excluding carboxylic acids is 1. The Kier molecular flexibility index (Phi) is 5.51. The summed E-state index contributed by atoms with van der Waals surface area (Å²) in [7, 11) is 0. The van der Waals surface area contributed by atoms with E-state index in [9.17, 15) is 19.3 Å². The number of nitrogens with zero attached hydrogens (tertiary/aromatic N) is 2. The minimum atomic E-state index is -0.935. The molecule has 1 amide bonds. The number of nitrogens with one attached hydrogen (secondary N) is 1. The van der Waals surface area contributed by atoms with E-state index in [1.54, 1.807) is 0 Å². The highest BCUT2D eigenvalue weighted by atomic mass is 19.1. The summed E-state index contributed by atoms with van der Waals surface area (Å²) in [6.07, 6.45) is -0.256. The third-order valence-corrected chi connectivity index (χ3v) is 4.55. The smallest absolute Gasteiger partial charge is 0.308 e. The van der Waals surface area contributed by atoms with Crippen molar-refractivity contribution in [3.63, 3.8) is 0 Å². The van der Waals surface area contributed by atoms with Gasteiger partial charge in [-0.2, -0.15) is 4.39 Å². The lowest BCUT2D eigenvalue weighted by molar-refractivity contribution is -0.388. The topological polar surface area (TPSA) is 75.5 Å². The number of rotatable bonds is 6. The van der Waals surface area contributed by atoms with Crippen LogP contribution >= 0.6 is 0 Å². The van der Waals surface area contributed by atoms with Gasteiger partial charge in [-0.3, -0.25) is 19.8 Å². The fourth-order valence-corrected chi connectivity index (χ4v) is 3.53. The highest BCUT2D eigenvalue weighted by Gasteiger charge is 2.24. The molecule has 1 aliphatic rings. The average molecular weight is 371 g/mol. The number of carbonyl (C=O) groups is 1. The van der Waals surface area contributed by atoms with Crippen LogP contribution in [-0.4, -0.2) is 22.3 Å². The first-order valence-corrected chi connectivity index (χ1v) is 8.90. The number of para-hydroxylation sites is 1. The average Bonchev–Trinajstić information content (AvgIpc) is 2.97. The van der Waals surface area contributed by atoms with Crippen molar-refractivity contribution < 1.29 is 14.1 Å². The van der Waals surface area contributed by atoms with Crippen LogP contribution in [0.2, 0.25) is 0 Å². The summed E-state index contributed by atoms with van der Waals surface area (Å²) < 4.78 is 13.7. The minimum Gasteiger partial charge on any atom is -0.325 e. The summed E-state index contributed by atoms with van der Waals surface area (Å²) >= 11 is 0. The van der Waals surface area contributed by atoms with Crippen molar-refractivity contribution in [3.8, 4) is 0 Å². The minimum absolute atomic E-state index is 0.0616. The third kappa shape index (κ3) is 4.31. The summed E-state index contributed by atoms with van der Waals surface area (Å²) in [4.78, 5) is 25.1. The standard InChI is InChI=1S/C20H22FN3O3/c1-13(2)10-23-11-15-6-4-8-18(16(15)12-23)22-19(25)9-14-5-3-7-17(21)20(14)24(26)27/h3-8,13H,9-12H2,1-2H3,(H,22,25). The first-order chi connectivity index (χ1) is 12.8. The molecule has 7 heteroatoms. The number of amides is 1. The molecule has 1 aliphatic heterocycles. The number of halogens is 1. The maximum absolute atomic E-state index is 13.7. The summed E-state index contributed by atoms with van der Waals surface area (Å²) in [6.45, 7) is 6.89. The fraction of sp³-hybridized carbons (Fsp3) is 0.350. The molecule has 0 atom stereocenters. The highest BCUT2D eigenvalue weighted by molar-refractivity contribution is 5.93. The van der Waals surface area contributed by atoms with Gasteiger partial charge in [0.15, 0.2) is 0 Å². The largest absolute Gasteiger partial charge is 0.325 e. The molecule has 0 radical (unpaired) electrons. The SMILES string of the molecule is CC(C)CN1Cc2cccc(NC(=O)Cc3cccc(F)c3[N+](=O)[O-])c2C1. The van der Waals surface area contributed by atoms with Crippen molar-refractivity contribution >= 4 is 17.3 Å². The molecular formula is C20H22FN3O3. The molecule has 1 heterocycles. The molecule has 6 nitrogen and oxygen atoms in total. The number of fused-ring (bicyclic) bond motifs is 1. The van der Waals surface area contributed by atoms with Gasteiger partial charge in [0.2, 0.25) is 11.7 Å². The molecule has 27 heavy (non-hydrogen) atoms. The monoisotopic (exact) mass is 371 g/mol. The van der Waals surface area contributed by atoms with E-state index in [1.807, 2.05) is 18.2 Å². The number of nitro benzene ring substituents is 1. The Morgan fingerprint density at radius 3 is 2.70 bits per heavy atom. The Morgan fingerprint density at radius 1 is 1.26 bits per heavy atom. The van der Waals surface area contributed by atoms with E-state index in [4.69, 9.17) is 0 Å². The van der Waals surface area contributed by atoms with Crippen LogP contribution in [0.25, 0.3) is 0 Å². The first kappa shape index (κ1) is 19.0. The van der Waals surface area contributed by atoms with Crippen LogP contribution in [0.15, 0.2) is 36.4 Å². The van der Waals surface area contributed by atoms with Gasteiger partial charge in [-0.1, -0.05) is 38.1 Å². The fourth-order valence-electron chi connectivity index (χ4n) is 3.53. The van der Waals surface area contributed by atoms with Crippen LogP contribution in [-0.2, 0) is 24.3 Å². The Morgan fingerprint density at radius 2 is 2.00 bits per heavy atom.